The van der Waals surface area contributed by atoms with E-state index in [0.717, 1.165) is 23.0 Å². The summed E-state index contributed by atoms with van der Waals surface area (Å²) in [5.74, 6) is 1.52. The van der Waals surface area contributed by atoms with Gasteiger partial charge in [0.2, 0.25) is 5.75 Å². The van der Waals surface area contributed by atoms with Gasteiger partial charge in [0.25, 0.3) is 0 Å². The molecule has 31 heavy (non-hydrogen) atoms. The minimum atomic E-state index is -0.636. The molecule has 1 N–H and O–H groups in total. The van der Waals surface area contributed by atoms with Gasteiger partial charge in [0.05, 0.1) is 38.5 Å². The lowest BCUT2D eigenvalue weighted by Gasteiger charge is -2.19. The van der Waals surface area contributed by atoms with Gasteiger partial charge >= 0.3 is 6.09 Å². The lowest BCUT2D eigenvalue weighted by Crippen LogP contribution is -2.28. The molecular formula is C23H25NO6S. The smallest absolute Gasteiger partial charge is 0.412 e. The van der Waals surface area contributed by atoms with E-state index < -0.39 is 12.1 Å². The summed E-state index contributed by atoms with van der Waals surface area (Å²) in [6.07, 6.45) is 3.43. The number of hydrogen-bond acceptors (Lipinski definition) is 7. The Morgan fingerprint density at radius 2 is 1.90 bits per heavy atom. The largest absolute Gasteiger partial charge is 0.493 e. The van der Waals surface area contributed by atoms with E-state index in [1.165, 1.54) is 11.8 Å². The molecule has 0 spiro atoms. The predicted molar refractivity (Wildman–Crippen MR) is 120 cm³/mol. The topological polar surface area (TPSA) is 83.1 Å². The minimum Gasteiger partial charge on any atom is -0.493 e. The molecule has 8 heteroatoms. The number of aryl methyl sites for hydroxylation is 1. The number of carbonyl (C=O) groups excluding carboxylic acids is 1. The van der Waals surface area contributed by atoms with Crippen molar-refractivity contribution in [2.24, 2.45) is 0 Å². The normalized spacial score (nSPS) is 14.4. The van der Waals surface area contributed by atoms with Crippen LogP contribution in [0, 0.1) is 0 Å². The maximum atomic E-state index is 12.8. The van der Waals surface area contributed by atoms with Gasteiger partial charge in [-0.2, -0.15) is 0 Å². The Kier molecular flexibility index (Phi) is 7.12. The summed E-state index contributed by atoms with van der Waals surface area (Å²) in [5.41, 5.74) is 3.09. The van der Waals surface area contributed by atoms with Gasteiger partial charge in [-0.25, -0.2) is 4.79 Å². The molecule has 0 aliphatic heterocycles. The molecule has 0 saturated carbocycles. The number of fused-ring (bicyclic) bond motifs is 3. The second kappa shape index (κ2) is 9.78. The highest BCUT2D eigenvalue weighted by Crippen LogP contribution is 2.50. The number of ether oxygens (including phenoxy) is 4. The first-order valence-electron chi connectivity index (χ1n) is 9.61. The van der Waals surface area contributed by atoms with Crippen molar-refractivity contribution in [3.63, 3.8) is 0 Å². The fraction of sp³-hybridized carbons (Fsp3) is 0.304. The van der Waals surface area contributed by atoms with Crippen LogP contribution in [0.2, 0.25) is 0 Å². The van der Waals surface area contributed by atoms with Crippen molar-refractivity contribution < 1.29 is 23.7 Å². The highest BCUT2D eigenvalue weighted by molar-refractivity contribution is 7.98. The summed E-state index contributed by atoms with van der Waals surface area (Å²) in [6.45, 7) is 3.42. The summed E-state index contributed by atoms with van der Waals surface area (Å²) in [5, 5.41) is 2.84. The van der Waals surface area contributed by atoms with E-state index in [4.69, 9.17) is 18.9 Å². The zero-order valence-electron chi connectivity index (χ0n) is 17.9. The van der Waals surface area contributed by atoms with Crippen molar-refractivity contribution in [2.45, 2.75) is 23.8 Å². The number of carbonyl (C=O) groups is 1. The fourth-order valence-corrected chi connectivity index (χ4v) is 4.33. The van der Waals surface area contributed by atoms with Crippen LogP contribution in [0.3, 0.4) is 0 Å². The van der Waals surface area contributed by atoms with Gasteiger partial charge in [0.1, 0.15) is 0 Å². The van der Waals surface area contributed by atoms with Crippen molar-refractivity contribution in [3.05, 3.63) is 58.5 Å². The van der Waals surface area contributed by atoms with E-state index in [9.17, 15) is 9.59 Å². The third-order valence-corrected chi connectivity index (χ3v) is 5.98. The molecule has 0 aromatic heterocycles. The van der Waals surface area contributed by atoms with Crippen molar-refractivity contribution in [3.8, 4) is 28.4 Å². The second-order valence-electron chi connectivity index (χ2n) is 6.77. The molecule has 164 valence electrons. The van der Waals surface area contributed by atoms with E-state index in [2.05, 4.69) is 11.9 Å². The van der Waals surface area contributed by atoms with Gasteiger partial charge in [0, 0.05) is 5.56 Å². The number of alkyl carbamates (subject to hydrolysis) is 1. The molecule has 0 saturated heterocycles. The zero-order chi connectivity index (χ0) is 22.5. The Hall–Kier alpha value is -3.13. The highest BCUT2D eigenvalue weighted by atomic mass is 32.2. The quantitative estimate of drug-likeness (QED) is 0.526. The molecule has 7 nitrogen and oxygen atoms in total. The Bertz CT molecular complexity index is 1070. The van der Waals surface area contributed by atoms with E-state index in [1.54, 1.807) is 33.5 Å². The summed E-state index contributed by atoms with van der Waals surface area (Å²) >= 11 is 1.37. The number of amides is 1. The maximum Gasteiger partial charge on any atom is 0.412 e. The van der Waals surface area contributed by atoms with E-state index in [0.29, 0.717) is 40.5 Å². The van der Waals surface area contributed by atoms with Crippen LogP contribution in [0.4, 0.5) is 4.79 Å². The Labute approximate surface area is 185 Å². The van der Waals surface area contributed by atoms with Gasteiger partial charge in [-0.1, -0.05) is 12.6 Å². The summed E-state index contributed by atoms with van der Waals surface area (Å²) < 4.78 is 21.7. The van der Waals surface area contributed by atoms with Crippen LogP contribution >= 0.6 is 11.8 Å². The first kappa shape index (κ1) is 22.6. The SMILES string of the molecule is C=COC(=O)N[C@H]1CCc2cc(OC)c(OC)c(OC)c2-c2ccc(SC)c(=O)cc21. The number of methoxy groups -OCH3 is 3. The first-order chi connectivity index (χ1) is 15.0. The minimum absolute atomic E-state index is 0.125. The number of rotatable bonds is 6. The van der Waals surface area contributed by atoms with E-state index in [1.807, 2.05) is 18.4 Å². The van der Waals surface area contributed by atoms with Crippen LogP contribution in [0.15, 0.2) is 46.8 Å². The Balaban J connectivity index is 2.35. The van der Waals surface area contributed by atoms with Crippen LogP contribution in [0.5, 0.6) is 17.2 Å². The molecular weight excluding hydrogens is 418 g/mol. The van der Waals surface area contributed by atoms with Crippen molar-refractivity contribution in [1.82, 2.24) is 5.32 Å². The van der Waals surface area contributed by atoms with E-state index in [-0.39, 0.29) is 5.43 Å². The Morgan fingerprint density at radius 3 is 2.52 bits per heavy atom. The average Bonchev–Trinajstić information content (AvgIpc) is 3.01. The maximum absolute atomic E-state index is 12.8. The molecule has 0 heterocycles. The monoisotopic (exact) mass is 443 g/mol. The van der Waals surface area contributed by atoms with Gasteiger partial charge in [-0.15, -0.1) is 11.8 Å². The summed E-state index contributed by atoms with van der Waals surface area (Å²) in [6, 6.07) is 6.70. The van der Waals surface area contributed by atoms with Crippen LogP contribution < -0.4 is 25.0 Å². The molecule has 0 radical (unpaired) electrons. The number of nitrogens with one attached hydrogen (secondary N) is 1. The standard InChI is InChI=1S/C23H25NO6S/c1-6-30-23(26)24-16-9-7-13-11-18(27-2)21(28-3)22(29-4)20(13)14-8-10-19(31-5)17(25)12-15(14)16/h6,8,10-12,16H,1,7,9H2,2-5H3,(H,24,26)/t16-/m0/s1. The molecule has 1 amide bonds. The first-order valence-corrected chi connectivity index (χ1v) is 10.8. The number of thioether (sulfide) groups is 1. The van der Waals surface area contributed by atoms with Crippen LogP contribution in [0.1, 0.15) is 23.6 Å². The lowest BCUT2D eigenvalue weighted by atomic mass is 9.95. The van der Waals surface area contributed by atoms with Gasteiger partial charge in [-0.3, -0.25) is 4.79 Å². The molecule has 0 unspecified atom stereocenters. The van der Waals surface area contributed by atoms with Crippen molar-refractivity contribution >= 4 is 17.9 Å². The third-order valence-electron chi connectivity index (χ3n) is 5.20. The highest BCUT2D eigenvalue weighted by Gasteiger charge is 2.29. The van der Waals surface area contributed by atoms with Crippen LogP contribution in [-0.4, -0.2) is 33.7 Å². The number of benzene rings is 1. The van der Waals surface area contributed by atoms with E-state index >= 15 is 0 Å². The molecule has 2 aromatic carbocycles. The third kappa shape index (κ3) is 4.34. The summed E-state index contributed by atoms with van der Waals surface area (Å²) in [4.78, 5) is 25.6. The van der Waals surface area contributed by atoms with Crippen molar-refractivity contribution in [2.75, 3.05) is 27.6 Å². The van der Waals surface area contributed by atoms with Gasteiger partial charge in [-0.05, 0) is 54.0 Å². The van der Waals surface area contributed by atoms with Crippen LogP contribution in [-0.2, 0) is 11.2 Å². The average molecular weight is 444 g/mol. The Morgan fingerprint density at radius 1 is 1.16 bits per heavy atom. The van der Waals surface area contributed by atoms with Gasteiger partial charge < -0.3 is 24.3 Å². The lowest BCUT2D eigenvalue weighted by molar-refractivity contribution is 0.180. The molecule has 1 aliphatic rings. The molecule has 2 aromatic rings. The summed E-state index contributed by atoms with van der Waals surface area (Å²) in [7, 11) is 4.68. The fourth-order valence-electron chi connectivity index (χ4n) is 3.87. The molecule has 0 fully saturated rings. The van der Waals surface area contributed by atoms with Crippen LogP contribution in [0.25, 0.3) is 11.1 Å². The molecule has 3 rings (SSSR count). The second-order valence-corrected chi connectivity index (χ2v) is 7.61. The molecule has 0 bridgehead atoms. The molecule has 1 aliphatic carbocycles. The number of hydrogen-bond donors (Lipinski definition) is 1. The predicted octanol–water partition coefficient (Wildman–Crippen LogP) is 4.32. The zero-order valence-corrected chi connectivity index (χ0v) is 18.8. The van der Waals surface area contributed by atoms with Gasteiger partial charge in [0.15, 0.2) is 16.9 Å². The molecule has 1 atom stereocenters. The van der Waals surface area contributed by atoms with Crippen molar-refractivity contribution in [1.29, 1.82) is 0 Å².